The number of aliphatic hydroxyl groups excluding tert-OH is 1. The summed E-state index contributed by atoms with van der Waals surface area (Å²) in [6.45, 7) is 3.23. The second-order valence-corrected chi connectivity index (χ2v) is 7.80. The van der Waals surface area contributed by atoms with Crippen LogP contribution in [0.2, 0.25) is 5.15 Å². The van der Waals surface area contributed by atoms with Gasteiger partial charge in [-0.25, -0.2) is 9.97 Å². The summed E-state index contributed by atoms with van der Waals surface area (Å²) in [6.07, 6.45) is 4.33. The zero-order chi connectivity index (χ0) is 19.7. The Balaban J connectivity index is 1.42. The van der Waals surface area contributed by atoms with E-state index in [1.807, 2.05) is 25.1 Å². The number of rotatable bonds is 4. The summed E-state index contributed by atoms with van der Waals surface area (Å²) >= 11 is 6.18. The third kappa shape index (κ3) is 3.84. The number of benzene rings is 1. The van der Waals surface area contributed by atoms with Gasteiger partial charge in [0.05, 0.1) is 0 Å². The Morgan fingerprint density at radius 1 is 1.25 bits per heavy atom. The molecule has 1 aliphatic heterocycles. The number of Topliss-reactive ketones (excluding diaryl/α,β-unsaturated/α-hetero) is 1. The third-order valence-electron chi connectivity index (χ3n) is 5.52. The number of halogens is 1. The lowest BCUT2D eigenvalue weighted by Crippen LogP contribution is -2.39. The smallest absolute Gasteiger partial charge is 0.163 e. The minimum Gasteiger partial charge on any atom is -0.490 e. The molecule has 2 heterocycles. The number of anilines is 1. The molecule has 0 radical (unpaired) electrons. The molecule has 4 rings (SSSR count). The molecule has 1 aliphatic carbocycles. The summed E-state index contributed by atoms with van der Waals surface area (Å²) in [6, 6.07) is 5.91. The normalized spacial score (nSPS) is 17.5. The predicted molar refractivity (Wildman–Crippen MR) is 107 cm³/mol. The van der Waals surface area contributed by atoms with Gasteiger partial charge < -0.3 is 14.7 Å². The van der Waals surface area contributed by atoms with Crippen LogP contribution in [0.3, 0.4) is 0 Å². The van der Waals surface area contributed by atoms with Gasteiger partial charge in [-0.2, -0.15) is 0 Å². The number of aromatic nitrogens is 2. The van der Waals surface area contributed by atoms with E-state index in [1.165, 1.54) is 0 Å². The molecule has 1 saturated heterocycles. The van der Waals surface area contributed by atoms with Crippen LogP contribution in [0.4, 0.5) is 5.82 Å². The van der Waals surface area contributed by atoms with Crippen LogP contribution >= 0.6 is 11.6 Å². The molecule has 28 heavy (non-hydrogen) atoms. The van der Waals surface area contributed by atoms with E-state index in [1.54, 1.807) is 0 Å². The van der Waals surface area contributed by atoms with E-state index in [0.29, 0.717) is 17.4 Å². The number of carbonyl (C=O) groups excluding carboxylic acids is 1. The third-order valence-corrected chi connectivity index (χ3v) is 5.89. The van der Waals surface area contributed by atoms with Crippen molar-refractivity contribution in [2.75, 3.05) is 18.0 Å². The molecule has 2 aromatic rings. The summed E-state index contributed by atoms with van der Waals surface area (Å²) in [5.41, 5.74) is 2.78. The van der Waals surface area contributed by atoms with E-state index in [4.69, 9.17) is 16.3 Å². The van der Waals surface area contributed by atoms with Crippen molar-refractivity contribution in [1.82, 2.24) is 9.97 Å². The number of fused-ring (bicyclic) bond motifs is 1. The number of nitrogens with zero attached hydrogens (tertiary/aromatic N) is 3. The van der Waals surface area contributed by atoms with Crippen LogP contribution in [0.5, 0.6) is 5.75 Å². The summed E-state index contributed by atoms with van der Waals surface area (Å²) in [5.74, 6) is 2.11. The number of piperidine rings is 1. The Morgan fingerprint density at radius 2 is 2.04 bits per heavy atom. The minimum absolute atomic E-state index is 0.0999. The molecule has 0 atom stereocenters. The highest BCUT2D eigenvalue weighted by atomic mass is 35.5. The van der Waals surface area contributed by atoms with E-state index < -0.39 is 0 Å². The zero-order valence-electron chi connectivity index (χ0n) is 15.9. The number of carbonyl (C=O) groups is 1. The van der Waals surface area contributed by atoms with Crippen molar-refractivity contribution < 1.29 is 14.6 Å². The van der Waals surface area contributed by atoms with Gasteiger partial charge in [-0.3, -0.25) is 4.79 Å². The molecule has 1 aromatic heterocycles. The van der Waals surface area contributed by atoms with E-state index >= 15 is 0 Å². The fourth-order valence-corrected chi connectivity index (χ4v) is 4.14. The Morgan fingerprint density at radius 3 is 2.79 bits per heavy atom. The van der Waals surface area contributed by atoms with E-state index in [0.717, 1.165) is 67.0 Å². The van der Waals surface area contributed by atoms with Crippen LogP contribution in [0.15, 0.2) is 18.2 Å². The molecule has 0 saturated carbocycles. The Hall–Kier alpha value is -2.18. The van der Waals surface area contributed by atoms with Crippen LogP contribution < -0.4 is 9.64 Å². The van der Waals surface area contributed by atoms with Crippen LogP contribution in [-0.2, 0) is 13.0 Å². The summed E-state index contributed by atoms with van der Waals surface area (Å²) < 4.78 is 6.18. The summed E-state index contributed by atoms with van der Waals surface area (Å²) in [5, 5.41) is 9.72. The highest BCUT2D eigenvalue weighted by Gasteiger charge is 2.25. The number of ether oxygens (including phenoxy) is 1. The fraction of sp³-hybridized carbons (Fsp3) is 0.476. The van der Waals surface area contributed by atoms with Crippen LogP contribution in [-0.4, -0.2) is 40.1 Å². The molecular weight excluding hydrogens is 378 g/mol. The minimum atomic E-state index is -0.233. The van der Waals surface area contributed by atoms with Gasteiger partial charge in [-0.15, -0.1) is 0 Å². The SMILES string of the molecule is Cc1c(Cl)nc(CO)nc1N1CCC(Oc2ccc3c(c2)C(=O)CCC3)CC1. The Kier molecular flexibility index (Phi) is 5.51. The number of aliphatic hydroxyl groups is 1. The fourth-order valence-electron chi connectivity index (χ4n) is 3.96. The monoisotopic (exact) mass is 401 g/mol. The number of ketones is 1. The molecule has 7 heteroatoms. The first-order valence-corrected chi connectivity index (χ1v) is 10.1. The van der Waals surface area contributed by atoms with Crippen molar-refractivity contribution in [3.8, 4) is 5.75 Å². The van der Waals surface area contributed by atoms with Crippen molar-refractivity contribution in [2.45, 2.75) is 51.7 Å². The molecule has 0 spiro atoms. The Bertz CT molecular complexity index is 895. The van der Waals surface area contributed by atoms with Gasteiger partial charge >= 0.3 is 0 Å². The van der Waals surface area contributed by atoms with Gasteiger partial charge in [0.15, 0.2) is 11.6 Å². The van der Waals surface area contributed by atoms with E-state index in [9.17, 15) is 9.90 Å². The van der Waals surface area contributed by atoms with Gasteiger partial charge in [0, 0.05) is 43.5 Å². The lowest BCUT2D eigenvalue weighted by molar-refractivity contribution is 0.0971. The first kappa shape index (κ1) is 19.2. The van der Waals surface area contributed by atoms with Crippen molar-refractivity contribution in [3.63, 3.8) is 0 Å². The number of aryl methyl sites for hydroxylation is 1. The quantitative estimate of drug-likeness (QED) is 0.790. The summed E-state index contributed by atoms with van der Waals surface area (Å²) in [7, 11) is 0. The van der Waals surface area contributed by atoms with E-state index in [-0.39, 0.29) is 18.5 Å². The van der Waals surface area contributed by atoms with Crippen molar-refractivity contribution in [1.29, 1.82) is 0 Å². The second-order valence-electron chi connectivity index (χ2n) is 7.44. The zero-order valence-corrected chi connectivity index (χ0v) is 16.7. The topological polar surface area (TPSA) is 75.6 Å². The molecule has 1 fully saturated rings. The average molecular weight is 402 g/mol. The van der Waals surface area contributed by atoms with E-state index in [2.05, 4.69) is 14.9 Å². The molecule has 1 N–H and O–H groups in total. The first-order valence-electron chi connectivity index (χ1n) is 9.76. The molecular formula is C21H24ClN3O3. The largest absolute Gasteiger partial charge is 0.490 e. The molecule has 1 aromatic carbocycles. The Labute approximate surface area is 169 Å². The van der Waals surface area contributed by atoms with Gasteiger partial charge in [-0.05, 0) is 37.5 Å². The van der Waals surface area contributed by atoms with Crippen molar-refractivity contribution >= 4 is 23.2 Å². The lowest BCUT2D eigenvalue weighted by Gasteiger charge is -2.34. The standard InChI is InChI=1S/C21H24ClN3O3/c1-13-20(22)23-19(12-26)24-21(13)25-9-7-15(8-10-25)28-16-6-5-14-3-2-4-18(27)17(14)11-16/h5-6,11,15,26H,2-4,7-10,12H2,1H3. The van der Waals surface area contributed by atoms with Gasteiger partial charge in [0.25, 0.3) is 0 Å². The molecule has 0 unspecified atom stereocenters. The molecule has 148 valence electrons. The summed E-state index contributed by atoms with van der Waals surface area (Å²) in [4.78, 5) is 22.8. The number of hydrogen-bond acceptors (Lipinski definition) is 6. The number of hydrogen-bond donors (Lipinski definition) is 1. The second kappa shape index (κ2) is 8.05. The molecule has 0 amide bonds. The molecule has 0 bridgehead atoms. The highest BCUT2D eigenvalue weighted by molar-refractivity contribution is 6.30. The highest BCUT2D eigenvalue weighted by Crippen LogP contribution is 2.29. The predicted octanol–water partition coefficient (Wildman–Crippen LogP) is 3.50. The van der Waals surface area contributed by atoms with Crippen LogP contribution in [0, 0.1) is 6.92 Å². The van der Waals surface area contributed by atoms with Crippen LogP contribution in [0.25, 0.3) is 0 Å². The lowest BCUT2D eigenvalue weighted by atomic mass is 9.90. The average Bonchev–Trinajstić information content (AvgIpc) is 2.71. The molecule has 6 nitrogen and oxygen atoms in total. The van der Waals surface area contributed by atoms with Crippen molar-refractivity contribution in [3.05, 3.63) is 45.9 Å². The van der Waals surface area contributed by atoms with Gasteiger partial charge in [0.1, 0.15) is 29.4 Å². The maximum absolute atomic E-state index is 12.1. The van der Waals surface area contributed by atoms with Crippen molar-refractivity contribution in [2.24, 2.45) is 0 Å². The maximum atomic E-state index is 12.1. The van der Waals surface area contributed by atoms with Gasteiger partial charge in [-0.1, -0.05) is 17.7 Å². The first-order chi connectivity index (χ1) is 13.5. The van der Waals surface area contributed by atoms with Crippen LogP contribution in [0.1, 0.15) is 53.0 Å². The van der Waals surface area contributed by atoms with Gasteiger partial charge in [0.2, 0.25) is 0 Å². The molecule has 2 aliphatic rings. The maximum Gasteiger partial charge on any atom is 0.163 e.